The van der Waals surface area contributed by atoms with Gasteiger partial charge in [0.25, 0.3) is 5.91 Å². The second kappa shape index (κ2) is 7.93. The van der Waals surface area contributed by atoms with Crippen LogP contribution in [0.3, 0.4) is 0 Å². The number of carbonyl (C=O) groups excluding carboxylic acids is 1. The third-order valence-electron chi connectivity index (χ3n) is 4.47. The van der Waals surface area contributed by atoms with Gasteiger partial charge in [0.05, 0.1) is 10.6 Å². The lowest BCUT2D eigenvalue weighted by Gasteiger charge is -2.27. The van der Waals surface area contributed by atoms with E-state index in [1.807, 2.05) is 12.1 Å². The number of nitrogens with one attached hydrogen (secondary N) is 2. The fraction of sp³-hybridized carbons (Fsp3) is 0.368. The van der Waals surface area contributed by atoms with Crippen molar-refractivity contribution in [2.75, 3.05) is 11.9 Å². The Morgan fingerprint density at radius 2 is 2.16 bits per heavy atom. The van der Waals surface area contributed by atoms with Crippen molar-refractivity contribution < 1.29 is 9.18 Å². The molecule has 0 aliphatic carbocycles. The van der Waals surface area contributed by atoms with Crippen LogP contribution in [0.1, 0.15) is 35.8 Å². The fourth-order valence-corrected chi connectivity index (χ4v) is 3.52. The number of rotatable bonds is 4. The van der Waals surface area contributed by atoms with Gasteiger partial charge in [-0.25, -0.2) is 9.37 Å². The van der Waals surface area contributed by atoms with Crippen LogP contribution in [0, 0.1) is 11.7 Å². The Balaban J connectivity index is 1.70. The molecule has 2 unspecified atom stereocenters. The van der Waals surface area contributed by atoms with Crippen molar-refractivity contribution in [3.63, 3.8) is 0 Å². The molecule has 1 aliphatic heterocycles. The maximum atomic E-state index is 13.9. The van der Waals surface area contributed by atoms with Gasteiger partial charge in [0.2, 0.25) is 0 Å². The van der Waals surface area contributed by atoms with E-state index in [9.17, 15) is 9.18 Å². The smallest absolute Gasteiger partial charge is 0.261 e. The molecule has 132 valence electrons. The van der Waals surface area contributed by atoms with Gasteiger partial charge in [-0.1, -0.05) is 23.7 Å². The summed E-state index contributed by atoms with van der Waals surface area (Å²) in [6, 6.07) is 10.2. The molecule has 0 bridgehead atoms. The Labute approximate surface area is 151 Å². The van der Waals surface area contributed by atoms with Crippen molar-refractivity contribution in [3.8, 4) is 0 Å². The highest BCUT2D eigenvalue weighted by molar-refractivity contribution is 6.34. The topological polar surface area (TPSA) is 54.0 Å². The van der Waals surface area contributed by atoms with Crippen molar-refractivity contribution in [3.05, 3.63) is 58.5 Å². The van der Waals surface area contributed by atoms with Crippen molar-refractivity contribution in [2.45, 2.75) is 32.2 Å². The van der Waals surface area contributed by atoms with Crippen LogP contribution in [-0.2, 0) is 6.42 Å². The first-order valence-electron chi connectivity index (χ1n) is 8.47. The maximum Gasteiger partial charge on any atom is 0.261 e. The summed E-state index contributed by atoms with van der Waals surface area (Å²) in [7, 11) is 0. The molecule has 0 radical (unpaired) electrons. The summed E-state index contributed by atoms with van der Waals surface area (Å²) in [5.41, 5.74) is 0.764. The van der Waals surface area contributed by atoms with Crippen LogP contribution < -0.4 is 10.6 Å². The van der Waals surface area contributed by atoms with Gasteiger partial charge in [-0.2, -0.15) is 0 Å². The summed E-state index contributed by atoms with van der Waals surface area (Å²) in [5.74, 6) is -0.257. The summed E-state index contributed by atoms with van der Waals surface area (Å²) in [6.45, 7) is 3.21. The molecular formula is C19H21ClFN3O. The Bertz CT molecular complexity index is 748. The van der Waals surface area contributed by atoms with Crippen molar-refractivity contribution in [1.82, 2.24) is 10.3 Å². The predicted molar refractivity (Wildman–Crippen MR) is 97.5 cm³/mol. The zero-order valence-electron chi connectivity index (χ0n) is 14.1. The van der Waals surface area contributed by atoms with Crippen LogP contribution in [0.5, 0.6) is 0 Å². The van der Waals surface area contributed by atoms with Gasteiger partial charge in [-0.05, 0) is 62.9 Å². The zero-order chi connectivity index (χ0) is 17.8. The Hall–Kier alpha value is -1.98. The summed E-state index contributed by atoms with van der Waals surface area (Å²) >= 11 is 5.94. The average Bonchev–Trinajstić information content (AvgIpc) is 2.55. The van der Waals surface area contributed by atoms with E-state index < -0.39 is 11.7 Å². The van der Waals surface area contributed by atoms with E-state index in [-0.39, 0.29) is 10.6 Å². The van der Waals surface area contributed by atoms with E-state index in [4.69, 9.17) is 11.6 Å². The van der Waals surface area contributed by atoms with Crippen molar-refractivity contribution in [2.24, 2.45) is 5.92 Å². The highest BCUT2D eigenvalue weighted by Gasteiger charge is 2.20. The molecule has 1 amide bonds. The molecular weight excluding hydrogens is 341 g/mol. The predicted octanol–water partition coefficient (Wildman–Crippen LogP) is 4.06. The number of amides is 1. The molecule has 0 saturated carbocycles. The lowest BCUT2D eigenvalue weighted by molar-refractivity contribution is 0.102. The molecule has 1 saturated heterocycles. The van der Waals surface area contributed by atoms with Crippen LogP contribution in [0.4, 0.5) is 10.2 Å². The molecule has 3 rings (SSSR count). The summed E-state index contributed by atoms with van der Waals surface area (Å²) < 4.78 is 13.9. The van der Waals surface area contributed by atoms with Gasteiger partial charge in [0.1, 0.15) is 11.6 Å². The van der Waals surface area contributed by atoms with E-state index >= 15 is 0 Å². The van der Waals surface area contributed by atoms with Gasteiger partial charge in [0.15, 0.2) is 0 Å². The summed E-state index contributed by atoms with van der Waals surface area (Å²) in [5, 5.41) is 6.16. The largest absolute Gasteiger partial charge is 0.314 e. The van der Waals surface area contributed by atoms with Crippen molar-refractivity contribution >= 4 is 23.3 Å². The number of benzene rings is 1. The minimum Gasteiger partial charge on any atom is -0.314 e. The number of anilines is 1. The standard InChI is InChI=1S/C19H21ClFN3O/c1-12-10-13(8-9-22-12)11-14-4-2-7-17(23-14)24-19(25)18-15(20)5-3-6-16(18)21/h2-7,12-13,22H,8-11H2,1H3,(H,23,24,25). The van der Waals surface area contributed by atoms with E-state index in [1.54, 1.807) is 6.07 Å². The Morgan fingerprint density at radius 3 is 2.92 bits per heavy atom. The number of hydrogen-bond acceptors (Lipinski definition) is 3. The van der Waals surface area contributed by atoms with Crippen LogP contribution in [0.15, 0.2) is 36.4 Å². The third-order valence-corrected chi connectivity index (χ3v) is 4.78. The third kappa shape index (κ3) is 4.55. The first kappa shape index (κ1) is 17.8. The molecule has 2 aromatic rings. The molecule has 1 fully saturated rings. The number of piperidine rings is 1. The highest BCUT2D eigenvalue weighted by atomic mass is 35.5. The Kier molecular flexibility index (Phi) is 5.66. The quantitative estimate of drug-likeness (QED) is 0.863. The van der Waals surface area contributed by atoms with Gasteiger partial charge >= 0.3 is 0 Å². The number of nitrogens with zero attached hydrogens (tertiary/aromatic N) is 1. The molecule has 1 aromatic heterocycles. The normalized spacial score (nSPS) is 20.3. The minimum atomic E-state index is -0.648. The zero-order valence-corrected chi connectivity index (χ0v) is 14.8. The minimum absolute atomic E-state index is 0.0809. The molecule has 1 aromatic carbocycles. The van der Waals surface area contributed by atoms with Gasteiger partial charge < -0.3 is 10.6 Å². The van der Waals surface area contributed by atoms with Crippen LogP contribution >= 0.6 is 11.6 Å². The van der Waals surface area contributed by atoms with Gasteiger partial charge in [-0.15, -0.1) is 0 Å². The SMILES string of the molecule is CC1CC(Cc2cccc(NC(=O)c3c(F)cccc3Cl)n2)CCN1. The Morgan fingerprint density at radius 1 is 1.36 bits per heavy atom. The number of carbonyl (C=O) groups is 1. The van der Waals surface area contributed by atoms with Gasteiger partial charge in [0, 0.05) is 11.7 Å². The maximum absolute atomic E-state index is 13.9. The van der Waals surface area contributed by atoms with E-state index in [0.29, 0.717) is 17.8 Å². The first-order valence-corrected chi connectivity index (χ1v) is 8.85. The molecule has 2 N–H and O–H groups in total. The molecule has 4 nitrogen and oxygen atoms in total. The lowest BCUT2D eigenvalue weighted by atomic mass is 9.89. The van der Waals surface area contributed by atoms with Crippen LogP contribution in [-0.4, -0.2) is 23.5 Å². The lowest BCUT2D eigenvalue weighted by Crippen LogP contribution is -2.36. The number of hydrogen-bond donors (Lipinski definition) is 2. The molecule has 6 heteroatoms. The van der Waals surface area contributed by atoms with Gasteiger partial charge in [-0.3, -0.25) is 4.79 Å². The van der Waals surface area contributed by atoms with Crippen LogP contribution in [0.25, 0.3) is 0 Å². The number of pyridine rings is 1. The molecule has 2 atom stereocenters. The monoisotopic (exact) mass is 361 g/mol. The van der Waals surface area contributed by atoms with Crippen LogP contribution in [0.2, 0.25) is 5.02 Å². The second-order valence-corrected chi connectivity index (χ2v) is 6.92. The fourth-order valence-electron chi connectivity index (χ4n) is 3.27. The average molecular weight is 362 g/mol. The number of halogens is 2. The summed E-state index contributed by atoms with van der Waals surface area (Å²) in [4.78, 5) is 16.8. The van der Waals surface area contributed by atoms with E-state index in [0.717, 1.165) is 31.5 Å². The molecule has 0 spiro atoms. The van der Waals surface area contributed by atoms with Crippen molar-refractivity contribution in [1.29, 1.82) is 0 Å². The first-order chi connectivity index (χ1) is 12.0. The molecule has 25 heavy (non-hydrogen) atoms. The molecule has 1 aliphatic rings. The summed E-state index contributed by atoms with van der Waals surface area (Å²) in [6.07, 6.45) is 3.10. The second-order valence-electron chi connectivity index (χ2n) is 6.51. The van der Waals surface area contributed by atoms with E-state index in [2.05, 4.69) is 22.5 Å². The molecule has 2 heterocycles. The highest BCUT2D eigenvalue weighted by Crippen LogP contribution is 2.22. The van der Waals surface area contributed by atoms with E-state index in [1.165, 1.54) is 18.2 Å². The number of aromatic nitrogens is 1.